The lowest BCUT2D eigenvalue weighted by Gasteiger charge is -2.12. The summed E-state index contributed by atoms with van der Waals surface area (Å²) in [6.07, 6.45) is 4.59. The topological polar surface area (TPSA) is 64.7 Å². The number of hydrogen-bond acceptors (Lipinski definition) is 3. The third-order valence-corrected chi connectivity index (χ3v) is 4.26. The quantitative estimate of drug-likeness (QED) is 0.736. The molecule has 0 aliphatic heterocycles. The molecule has 1 amide bonds. The molecule has 0 fully saturated rings. The van der Waals surface area contributed by atoms with Crippen LogP contribution in [0, 0.1) is 0 Å². The van der Waals surface area contributed by atoms with E-state index in [1.54, 1.807) is 4.68 Å². The Balaban J connectivity index is 1.96. The largest absolute Gasteiger partial charge is 0.348 e. The van der Waals surface area contributed by atoms with Gasteiger partial charge in [-0.3, -0.25) is 4.79 Å². The zero-order chi connectivity index (χ0) is 17.8. The van der Waals surface area contributed by atoms with Gasteiger partial charge in [0.25, 0.3) is 5.91 Å². The number of nitrogens with zero attached hydrogens (tertiary/aromatic N) is 4. The van der Waals surface area contributed by atoms with E-state index in [9.17, 15) is 4.79 Å². The van der Waals surface area contributed by atoms with Crippen LogP contribution in [0.5, 0.6) is 0 Å². The Morgan fingerprint density at radius 3 is 2.56 bits per heavy atom. The first-order valence-corrected chi connectivity index (χ1v) is 8.58. The molecule has 0 aliphatic rings. The van der Waals surface area contributed by atoms with Crippen molar-refractivity contribution in [2.24, 2.45) is 0 Å². The van der Waals surface area contributed by atoms with Crippen LogP contribution in [0.2, 0.25) is 5.02 Å². The number of rotatable bonds is 6. The minimum absolute atomic E-state index is 0.0754. The van der Waals surface area contributed by atoms with Gasteiger partial charge in [-0.2, -0.15) is 0 Å². The van der Waals surface area contributed by atoms with E-state index in [4.69, 9.17) is 11.6 Å². The zero-order valence-electron chi connectivity index (χ0n) is 14.2. The van der Waals surface area contributed by atoms with E-state index in [-0.39, 0.29) is 11.9 Å². The summed E-state index contributed by atoms with van der Waals surface area (Å²) in [5.74, 6) is 0.418. The average molecular weight is 358 g/mol. The Kier molecular flexibility index (Phi) is 5.19. The average Bonchev–Trinajstić information content (AvgIpc) is 3.26. The van der Waals surface area contributed by atoms with Crippen molar-refractivity contribution >= 4 is 17.5 Å². The van der Waals surface area contributed by atoms with E-state index in [0.29, 0.717) is 23.1 Å². The van der Waals surface area contributed by atoms with Gasteiger partial charge in [-0.25, -0.2) is 4.68 Å². The fourth-order valence-electron chi connectivity index (χ4n) is 2.45. The molecule has 25 heavy (non-hydrogen) atoms. The van der Waals surface area contributed by atoms with Gasteiger partial charge in [0.2, 0.25) is 0 Å². The molecule has 7 heteroatoms. The van der Waals surface area contributed by atoms with Crippen LogP contribution in [0.15, 0.2) is 48.8 Å². The first-order chi connectivity index (χ1) is 12.1. The van der Waals surface area contributed by atoms with Crippen molar-refractivity contribution < 1.29 is 4.79 Å². The standard InChI is InChI=1S/C18H20ClN5O/c1-3-13(2)20-17(25)16-18(23-10-4-5-11-23)24(22-21-16)12-14-6-8-15(19)9-7-14/h4-11,13H,3,12H2,1-2H3,(H,20,25)/t13-/m0/s1. The van der Waals surface area contributed by atoms with Gasteiger partial charge in [-0.05, 0) is 43.2 Å². The molecular formula is C18H20ClN5O. The van der Waals surface area contributed by atoms with E-state index >= 15 is 0 Å². The molecule has 0 aliphatic carbocycles. The Morgan fingerprint density at radius 2 is 1.92 bits per heavy atom. The van der Waals surface area contributed by atoms with Gasteiger partial charge >= 0.3 is 0 Å². The molecule has 0 spiro atoms. The molecule has 1 aromatic carbocycles. The molecule has 0 saturated carbocycles. The zero-order valence-corrected chi connectivity index (χ0v) is 14.9. The van der Waals surface area contributed by atoms with Gasteiger partial charge < -0.3 is 9.88 Å². The maximum Gasteiger partial charge on any atom is 0.275 e. The van der Waals surface area contributed by atoms with Crippen molar-refractivity contribution in [3.05, 3.63) is 65.1 Å². The fraction of sp³-hybridized carbons (Fsp3) is 0.278. The summed E-state index contributed by atoms with van der Waals surface area (Å²) in [6.45, 7) is 4.48. The van der Waals surface area contributed by atoms with Gasteiger partial charge in [-0.15, -0.1) is 5.10 Å². The number of benzene rings is 1. The van der Waals surface area contributed by atoms with E-state index in [1.807, 2.05) is 67.2 Å². The molecule has 1 atom stereocenters. The van der Waals surface area contributed by atoms with Gasteiger partial charge in [-0.1, -0.05) is 35.9 Å². The van der Waals surface area contributed by atoms with Crippen LogP contribution in [0.3, 0.4) is 0 Å². The van der Waals surface area contributed by atoms with E-state index in [1.165, 1.54) is 0 Å². The number of carbonyl (C=O) groups is 1. The van der Waals surface area contributed by atoms with Crippen LogP contribution in [-0.2, 0) is 6.54 Å². The van der Waals surface area contributed by atoms with Crippen molar-refractivity contribution in [1.29, 1.82) is 0 Å². The van der Waals surface area contributed by atoms with E-state index in [2.05, 4.69) is 15.6 Å². The Morgan fingerprint density at radius 1 is 1.24 bits per heavy atom. The molecule has 2 heterocycles. The van der Waals surface area contributed by atoms with Crippen molar-refractivity contribution in [3.63, 3.8) is 0 Å². The van der Waals surface area contributed by atoms with Crippen molar-refractivity contribution in [2.45, 2.75) is 32.9 Å². The minimum Gasteiger partial charge on any atom is -0.348 e. The molecule has 130 valence electrons. The maximum atomic E-state index is 12.6. The first-order valence-electron chi connectivity index (χ1n) is 8.20. The number of hydrogen-bond donors (Lipinski definition) is 1. The Labute approximate surface area is 151 Å². The van der Waals surface area contributed by atoms with Crippen LogP contribution in [0.25, 0.3) is 5.82 Å². The lowest BCUT2D eigenvalue weighted by Crippen LogP contribution is -2.33. The SMILES string of the molecule is CC[C@H](C)NC(=O)c1nnn(Cc2ccc(Cl)cc2)c1-n1cccc1. The van der Waals surface area contributed by atoms with Crippen molar-refractivity contribution in [2.75, 3.05) is 0 Å². The normalized spacial score (nSPS) is 12.1. The molecule has 2 aromatic heterocycles. The molecule has 3 rings (SSSR count). The smallest absolute Gasteiger partial charge is 0.275 e. The molecule has 0 radical (unpaired) electrons. The number of aromatic nitrogens is 4. The summed E-state index contributed by atoms with van der Waals surface area (Å²) < 4.78 is 3.57. The number of amides is 1. The molecule has 0 saturated heterocycles. The maximum absolute atomic E-state index is 12.6. The first kappa shape index (κ1) is 17.2. The lowest BCUT2D eigenvalue weighted by molar-refractivity contribution is 0.0934. The molecule has 1 N–H and O–H groups in total. The number of halogens is 1. The summed E-state index contributed by atoms with van der Waals surface area (Å²) >= 11 is 5.94. The fourth-order valence-corrected chi connectivity index (χ4v) is 2.58. The predicted octanol–water partition coefficient (Wildman–Crippen LogP) is 3.30. The highest BCUT2D eigenvalue weighted by Gasteiger charge is 2.22. The summed E-state index contributed by atoms with van der Waals surface area (Å²) in [5, 5.41) is 12.0. The van der Waals surface area contributed by atoms with Crippen LogP contribution < -0.4 is 5.32 Å². The molecular weight excluding hydrogens is 338 g/mol. The summed E-state index contributed by atoms with van der Waals surface area (Å²) in [7, 11) is 0. The van der Waals surface area contributed by atoms with E-state index < -0.39 is 0 Å². The molecule has 0 unspecified atom stereocenters. The Bertz CT molecular complexity index is 839. The third-order valence-electron chi connectivity index (χ3n) is 4.01. The van der Waals surface area contributed by atoms with Gasteiger partial charge in [0.15, 0.2) is 11.5 Å². The van der Waals surface area contributed by atoms with Crippen LogP contribution >= 0.6 is 11.6 Å². The summed E-state index contributed by atoms with van der Waals surface area (Å²) in [6, 6.07) is 11.4. The van der Waals surface area contributed by atoms with Crippen LogP contribution in [0.4, 0.5) is 0 Å². The summed E-state index contributed by atoms with van der Waals surface area (Å²) in [4.78, 5) is 12.6. The second-order valence-corrected chi connectivity index (χ2v) is 6.36. The van der Waals surface area contributed by atoms with Crippen molar-refractivity contribution in [1.82, 2.24) is 24.9 Å². The monoisotopic (exact) mass is 357 g/mol. The number of nitrogens with one attached hydrogen (secondary N) is 1. The van der Waals surface area contributed by atoms with Gasteiger partial charge in [0.05, 0.1) is 6.54 Å². The molecule has 0 bridgehead atoms. The van der Waals surface area contributed by atoms with Crippen molar-refractivity contribution in [3.8, 4) is 5.82 Å². The highest BCUT2D eigenvalue weighted by molar-refractivity contribution is 6.30. The third kappa shape index (κ3) is 3.91. The second-order valence-electron chi connectivity index (χ2n) is 5.92. The number of carbonyl (C=O) groups excluding carboxylic acids is 1. The second kappa shape index (κ2) is 7.53. The van der Waals surface area contributed by atoms with Crippen LogP contribution in [-0.4, -0.2) is 31.5 Å². The molecule has 6 nitrogen and oxygen atoms in total. The predicted molar refractivity (Wildman–Crippen MR) is 97.1 cm³/mol. The highest BCUT2D eigenvalue weighted by atomic mass is 35.5. The Hall–Kier alpha value is -2.60. The lowest BCUT2D eigenvalue weighted by atomic mass is 10.2. The van der Waals surface area contributed by atoms with Gasteiger partial charge in [0.1, 0.15) is 0 Å². The van der Waals surface area contributed by atoms with Crippen LogP contribution in [0.1, 0.15) is 36.3 Å². The molecule has 3 aromatic rings. The minimum atomic E-state index is -0.222. The summed E-state index contributed by atoms with van der Waals surface area (Å²) in [5.41, 5.74) is 1.34. The van der Waals surface area contributed by atoms with Gasteiger partial charge in [0, 0.05) is 23.5 Å². The van der Waals surface area contributed by atoms with E-state index in [0.717, 1.165) is 12.0 Å². The highest BCUT2D eigenvalue weighted by Crippen LogP contribution is 2.16.